The lowest BCUT2D eigenvalue weighted by molar-refractivity contribution is -0.120. The number of hydrogen-bond acceptors (Lipinski definition) is 3. The van der Waals surface area contributed by atoms with Crippen molar-refractivity contribution in [2.24, 2.45) is 11.8 Å². The molecule has 2 aliphatic rings. The van der Waals surface area contributed by atoms with Crippen molar-refractivity contribution in [1.82, 2.24) is 4.90 Å². The largest absolute Gasteiger partial charge is 0.366 e. The number of rotatable bonds is 3. The number of piperidine rings is 1. The van der Waals surface area contributed by atoms with E-state index in [2.05, 4.69) is 18.7 Å². The Balaban J connectivity index is 1.86. The zero-order valence-corrected chi connectivity index (χ0v) is 18.5. The van der Waals surface area contributed by atoms with Crippen molar-refractivity contribution >= 4 is 23.1 Å². The fourth-order valence-corrected chi connectivity index (χ4v) is 4.83. The van der Waals surface area contributed by atoms with Crippen LogP contribution in [0.5, 0.6) is 0 Å². The molecule has 4 nitrogen and oxygen atoms in total. The molecular formula is C26H30N2O2. The number of benzene rings is 2. The molecule has 2 amide bonds. The Labute approximate surface area is 179 Å². The molecule has 4 heteroatoms. The van der Waals surface area contributed by atoms with E-state index >= 15 is 0 Å². The van der Waals surface area contributed by atoms with Crippen molar-refractivity contribution in [3.05, 3.63) is 70.4 Å². The molecule has 4 rings (SSSR count). The Kier molecular flexibility index (Phi) is 5.27. The van der Waals surface area contributed by atoms with Gasteiger partial charge in [0.25, 0.3) is 11.8 Å². The summed E-state index contributed by atoms with van der Waals surface area (Å²) < 4.78 is 0. The normalized spacial score (nSPS) is 22.3. The first-order chi connectivity index (χ1) is 14.3. The van der Waals surface area contributed by atoms with Crippen LogP contribution < -0.4 is 4.90 Å². The van der Waals surface area contributed by atoms with Gasteiger partial charge in [0.15, 0.2) is 0 Å². The summed E-state index contributed by atoms with van der Waals surface area (Å²) in [4.78, 5) is 31.0. The van der Waals surface area contributed by atoms with E-state index in [1.807, 2.05) is 63.2 Å². The standard InChI is InChI=1S/C26H30N2O2/c1-16-9-11-21(12-10-16)23-24(27-14-17(2)13-18(3)15-27)26(30)28(25(23)29)22-8-6-7-19(4)20(22)5/h6-12,17-18H,13-15H2,1-5H3. The van der Waals surface area contributed by atoms with Crippen LogP contribution in [0.2, 0.25) is 0 Å². The molecule has 2 aromatic carbocycles. The van der Waals surface area contributed by atoms with Gasteiger partial charge in [0.1, 0.15) is 5.70 Å². The number of carbonyl (C=O) groups excluding carboxylic acids is 2. The van der Waals surface area contributed by atoms with Gasteiger partial charge in [-0.1, -0.05) is 55.8 Å². The average molecular weight is 403 g/mol. The lowest BCUT2D eigenvalue weighted by Crippen LogP contribution is -2.42. The van der Waals surface area contributed by atoms with E-state index in [1.165, 1.54) is 4.90 Å². The van der Waals surface area contributed by atoms with Gasteiger partial charge in [0.05, 0.1) is 11.3 Å². The quantitative estimate of drug-likeness (QED) is 0.688. The van der Waals surface area contributed by atoms with Crippen molar-refractivity contribution < 1.29 is 9.59 Å². The molecule has 0 aromatic heterocycles. The number of carbonyl (C=O) groups is 2. The maximum absolute atomic E-state index is 13.7. The van der Waals surface area contributed by atoms with E-state index < -0.39 is 0 Å². The second kappa shape index (κ2) is 7.75. The number of anilines is 1. The van der Waals surface area contributed by atoms with E-state index in [0.29, 0.717) is 28.8 Å². The molecule has 0 bridgehead atoms. The summed E-state index contributed by atoms with van der Waals surface area (Å²) in [6.45, 7) is 12.0. The van der Waals surface area contributed by atoms with Gasteiger partial charge in [0.2, 0.25) is 0 Å². The minimum atomic E-state index is -0.224. The van der Waals surface area contributed by atoms with Gasteiger partial charge in [-0.25, -0.2) is 4.90 Å². The molecule has 0 spiro atoms. The molecule has 2 atom stereocenters. The summed E-state index contributed by atoms with van der Waals surface area (Å²) in [5, 5.41) is 0. The molecule has 156 valence electrons. The van der Waals surface area contributed by atoms with Crippen LogP contribution in [0, 0.1) is 32.6 Å². The summed E-state index contributed by atoms with van der Waals surface area (Å²) in [5.74, 6) is 0.542. The molecule has 30 heavy (non-hydrogen) atoms. The van der Waals surface area contributed by atoms with Crippen LogP contribution in [0.25, 0.3) is 5.57 Å². The lowest BCUT2D eigenvalue weighted by Gasteiger charge is -2.37. The molecule has 2 heterocycles. The Morgan fingerprint density at radius 2 is 1.47 bits per heavy atom. The first kappa shape index (κ1) is 20.4. The molecule has 0 saturated carbocycles. The highest BCUT2D eigenvalue weighted by molar-refractivity contribution is 6.45. The number of aryl methyl sites for hydroxylation is 2. The van der Waals surface area contributed by atoms with Crippen molar-refractivity contribution in [3.8, 4) is 0 Å². The summed E-state index contributed by atoms with van der Waals surface area (Å²) in [6, 6.07) is 13.7. The predicted molar refractivity (Wildman–Crippen MR) is 121 cm³/mol. The smallest absolute Gasteiger partial charge is 0.282 e. The molecule has 1 saturated heterocycles. The van der Waals surface area contributed by atoms with E-state index in [0.717, 1.165) is 41.8 Å². The van der Waals surface area contributed by atoms with E-state index in [9.17, 15) is 9.59 Å². The van der Waals surface area contributed by atoms with Gasteiger partial charge in [-0.2, -0.15) is 0 Å². The van der Waals surface area contributed by atoms with Crippen LogP contribution in [0.1, 0.15) is 42.5 Å². The average Bonchev–Trinajstić information content (AvgIpc) is 2.94. The van der Waals surface area contributed by atoms with Gasteiger partial charge in [-0.05, 0) is 61.8 Å². The molecule has 0 radical (unpaired) electrons. The maximum atomic E-state index is 13.7. The van der Waals surface area contributed by atoms with Gasteiger partial charge in [0, 0.05) is 13.1 Å². The molecule has 2 unspecified atom stereocenters. The van der Waals surface area contributed by atoms with Gasteiger partial charge in [-0.15, -0.1) is 0 Å². The van der Waals surface area contributed by atoms with Crippen molar-refractivity contribution in [2.75, 3.05) is 18.0 Å². The Hall–Kier alpha value is -2.88. The van der Waals surface area contributed by atoms with Crippen LogP contribution in [0.4, 0.5) is 5.69 Å². The zero-order chi connectivity index (χ0) is 21.6. The van der Waals surface area contributed by atoms with Crippen molar-refractivity contribution in [3.63, 3.8) is 0 Å². The van der Waals surface area contributed by atoms with Crippen LogP contribution in [-0.4, -0.2) is 29.8 Å². The molecule has 1 fully saturated rings. The number of likely N-dealkylation sites (tertiary alicyclic amines) is 1. The third-order valence-corrected chi connectivity index (χ3v) is 6.40. The van der Waals surface area contributed by atoms with E-state index in [4.69, 9.17) is 0 Å². The minimum Gasteiger partial charge on any atom is -0.366 e. The SMILES string of the molecule is Cc1ccc(C2=C(N3CC(C)CC(C)C3)C(=O)N(c3cccc(C)c3C)C2=O)cc1. The molecular weight excluding hydrogens is 372 g/mol. The summed E-state index contributed by atoms with van der Waals surface area (Å²) >= 11 is 0. The Morgan fingerprint density at radius 1 is 0.833 bits per heavy atom. The van der Waals surface area contributed by atoms with Gasteiger partial charge in [-0.3, -0.25) is 9.59 Å². The highest BCUT2D eigenvalue weighted by atomic mass is 16.2. The van der Waals surface area contributed by atoms with E-state index in [-0.39, 0.29) is 11.8 Å². The lowest BCUT2D eigenvalue weighted by atomic mass is 9.91. The third kappa shape index (κ3) is 3.45. The van der Waals surface area contributed by atoms with Crippen LogP contribution in [0.15, 0.2) is 48.2 Å². The second-order valence-electron chi connectivity index (χ2n) is 9.11. The summed E-state index contributed by atoms with van der Waals surface area (Å²) in [5.41, 5.74) is 5.74. The Bertz CT molecular complexity index is 1030. The topological polar surface area (TPSA) is 40.6 Å². The van der Waals surface area contributed by atoms with Gasteiger partial charge >= 0.3 is 0 Å². The number of imide groups is 1. The Morgan fingerprint density at radius 3 is 2.10 bits per heavy atom. The third-order valence-electron chi connectivity index (χ3n) is 6.40. The van der Waals surface area contributed by atoms with Crippen LogP contribution >= 0.6 is 0 Å². The minimum absolute atomic E-state index is 0.203. The summed E-state index contributed by atoms with van der Waals surface area (Å²) in [7, 11) is 0. The highest BCUT2D eigenvalue weighted by Crippen LogP contribution is 2.38. The first-order valence-electron chi connectivity index (χ1n) is 10.8. The number of hydrogen-bond donors (Lipinski definition) is 0. The predicted octanol–water partition coefficient (Wildman–Crippen LogP) is 4.87. The number of nitrogens with zero attached hydrogens (tertiary/aromatic N) is 2. The van der Waals surface area contributed by atoms with E-state index in [1.54, 1.807) is 0 Å². The van der Waals surface area contributed by atoms with Crippen molar-refractivity contribution in [2.45, 2.75) is 41.0 Å². The van der Waals surface area contributed by atoms with Crippen LogP contribution in [-0.2, 0) is 9.59 Å². The van der Waals surface area contributed by atoms with Gasteiger partial charge < -0.3 is 4.90 Å². The summed E-state index contributed by atoms with van der Waals surface area (Å²) in [6.07, 6.45) is 1.15. The molecule has 0 aliphatic carbocycles. The molecule has 0 N–H and O–H groups in total. The zero-order valence-electron chi connectivity index (χ0n) is 18.5. The number of amides is 2. The van der Waals surface area contributed by atoms with Crippen LogP contribution in [0.3, 0.4) is 0 Å². The monoisotopic (exact) mass is 402 g/mol. The maximum Gasteiger partial charge on any atom is 0.282 e. The molecule has 2 aliphatic heterocycles. The fraction of sp³-hybridized carbons (Fsp3) is 0.385. The molecule has 2 aromatic rings. The van der Waals surface area contributed by atoms with Crippen molar-refractivity contribution in [1.29, 1.82) is 0 Å². The first-order valence-corrected chi connectivity index (χ1v) is 10.8. The highest BCUT2D eigenvalue weighted by Gasteiger charge is 2.44. The fourth-order valence-electron chi connectivity index (χ4n) is 4.83. The second-order valence-corrected chi connectivity index (χ2v) is 9.11.